The molecule has 17 heavy (non-hydrogen) atoms. The molecule has 3 rings (SSSR count). The van der Waals surface area contributed by atoms with Crippen molar-refractivity contribution in [1.82, 2.24) is 14.6 Å². The maximum atomic E-state index is 12.8. The van der Waals surface area contributed by atoms with Gasteiger partial charge in [-0.2, -0.15) is 5.10 Å². The molecule has 0 atom stereocenters. The van der Waals surface area contributed by atoms with Gasteiger partial charge in [-0.15, -0.1) is 0 Å². The minimum Gasteiger partial charge on any atom is -0.290 e. The summed E-state index contributed by atoms with van der Waals surface area (Å²) in [7, 11) is 0. The zero-order chi connectivity index (χ0) is 11.8. The molecular weight excluding hydrogens is 221 g/mol. The minimum absolute atomic E-state index is 0.0840. The number of pyridine rings is 1. The Bertz CT molecular complexity index is 727. The number of H-pyrrole nitrogens is 1. The van der Waals surface area contributed by atoms with Crippen LogP contribution >= 0.6 is 0 Å². The van der Waals surface area contributed by atoms with Gasteiger partial charge in [-0.1, -0.05) is 0 Å². The van der Waals surface area contributed by atoms with E-state index in [0.717, 1.165) is 5.56 Å². The van der Waals surface area contributed by atoms with E-state index in [1.165, 1.54) is 24.3 Å². The van der Waals surface area contributed by atoms with Crippen LogP contribution in [0, 0.1) is 5.82 Å². The summed E-state index contributed by atoms with van der Waals surface area (Å²) in [5.41, 5.74) is 1.30. The molecule has 0 saturated carbocycles. The second-order valence-corrected chi connectivity index (χ2v) is 3.67. The summed E-state index contributed by atoms with van der Waals surface area (Å²) in [6.07, 6.45) is 1.64. The van der Waals surface area contributed by atoms with E-state index >= 15 is 0 Å². The summed E-state index contributed by atoms with van der Waals surface area (Å²) in [5.74, 6) is 0.348. The molecule has 0 unspecified atom stereocenters. The fraction of sp³-hybridized carbons (Fsp3) is 0. The van der Waals surface area contributed by atoms with E-state index in [0.29, 0.717) is 11.5 Å². The lowest BCUT2D eigenvalue weighted by molar-refractivity contribution is 0.628. The van der Waals surface area contributed by atoms with Crippen LogP contribution in [0.1, 0.15) is 0 Å². The fourth-order valence-electron chi connectivity index (χ4n) is 1.72. The highest BCUT2D eigenvalue weighted by atomic mass is 19.1. The first-order valence-electron chi connectivity index (χ1n) is 5.07. The Kier molecular flexibility index (Phi) is 2.04. The first-order valence-corrected chi connectivity index (χ1v) is 5.07. The van der Waals surface area contributed by atoms with Gasteiger partial charge in [0.1, 0.15) is 11.5 Å². The molecular formula is C12H8FN3O. The van der Waals surface area contributed by atoms with E-state index in [9.17, 15) is 9.18 Å². The lowest BCUT2D eigenvalue weighted by Gasteiger charge is -1.99. The minimum atomic E-state index is -0.291. The van der Waals surface area contributed by atoms with Crippen molar-refractivity contribution in [1.29, 1.82) is 0 Å². The largest absolute Gasteiger partial charge is 0.290 e. The van der Waals surface area contributed by atoms with Crippen molar-refractivity contribution >= 4 is 5.65 Å². The number of fused-ring (bicyclic) bond motifs is 1. The third-order valence-corrected chi connectivity index (χ3v) is 2.53. The van der Waals surface area contributed by atoms with E-state index in [4.69, 9.17) is 0 Å². The number of hydrogen-bond acceptors (Lipinski definition) is 2. The smallest absolute Gasteiger partial charge is 0.183 e. The second kappa shape index (κ2) is 3.55. The van der Waals surface area contributed by atoms with Crippen LogP contribution in [-0.2, 0) is 0 Å². The number of hydrogen-bond donors (Lipinski definition) is 1. The maximum absolute atomic E-state index is 12.8. The van der Waals surface area contributed by atoms with Crippen molar-refractivity contribution < 1.29 is 4.39 Å². The van der Waals surface area contributed by atoms with Crippen molar-refractivity contribution in [2.24, 2.45) is 0 Å². The molecule has 0 radical (unpaired) electrons. The molecule has 1 N–H and O–H groups in total. The molecule has 0 amide bonds. The molecule has 5 heteroatoms. The van der Waals surface area contributed by atoms with Crippen LogP contribution in [-0.4, -0.2) is 14.6 Å². The number of rotatable bonds is 1. The molecule has 0 aliphatic carbocycles. The van der Waals surface area contributed by atoms with Crippen LogP contribution in [0.15, 0.2) is 47.4 Å². The first kappa shape index (κ1) is 9.77. The second-order valence-electron chi connectivity index (χ2n) is 3.67. The van der Waals surface area contributed by atoms with Gasteiger partial charge in [0.25, 0.3) is 0 Å². The average Bonchev–Trinajstić information content (AvgIpc) is 2.73. The molecule has 0 spiro atoms. The molecule has 84 valence electrons. The summed E-state index contributed by atoms with van der Waals surface area (Å²) in [6.45, 7) is 0. The summed E-state index contributed by atoms with van der Waals surface area (Å²) in [5, 5.41) is 6.87. The number of nitrogens with zero attached hydrogens (tertiary/aromatic N) is 2. The lowest BCUT2D eigenvalue weighted by Crippen LogP contribution is -1.99. The molecule has 1 aromatic carbocycles. The zero-order valence-corrected chi connectivity index (χ0v) is 8.72. The Morgan fingerprint density at radius 1 is 1.18 bits per heavy atom. The normalized spacial score (nSPS) is 10.9. The monoisotopic (exact) mass is 229 g/mol. The van der Waals surface area contributed by atoms with Gasteiger partial charge in [0, 0.05) is 23.9 Å². The Morgan fingerprint density at radius 3 is 2.71 bits per heavy atom. The van der Waals surface area contributed by atoms with E-state index in [1.54, 1.807) is 22.7 Å². The molecule has 2 heterocycles. The van der Waals surface area contributed by atoms with E-state index in [1.807, 2.05) is 0 Å². The lowest BCUT2D eigenvalue weighted by atomic mass is 10.2. The number of aromatic amines is 1. The van der Waals surface area contributed by atoms with Crippen LogP contribution in [0.5, 0.6) is 0 Å². The molecule has 0 fully saturated rings. The number of aromatic nitrogens is 3. The topological polar surface area (TPSA) is 50.2 Å². The summed E-state index contributed by atoms with van der Waals surface area (Å²) in [6, 6.07) is 8.94. The van der Waals surface area contributed by atoms with Gasteiger partial charge in [-0.3, -0.25) is 14.3 Å². The molecule has 3 aromatic rings. The van der Waals surface area contributed by atoms with Gasteiger partial charge in [0.05, 0.1) is 0 Å². The van der Waals surface area contributed by atoms with E-state index in [-0.39, 0.29) is 11.2 Å². The summed E-state index contributed by atoms with van der Waals surface area (Å²) < 4.78 is 14.6. The molecule has 0 aliphatic heterocycles. The van der Waals surface area contributed by atoms with Crippen LogP contribution in [0.4, 0.5) is 4.39 Å². The third-order valence-electron chi connectivity index (χ3n) is 2.53. The summed E-state index contributed by atoms with van der Waals surface area (Å²) in [4.78, 5) is 11.2. The quantitative estimate of drug-likeness (QED) is 0.692. The highest BCUT2D eigenvalue weighted by Gasteiger charge is 2.06. The van der Waals surface area contributed by atoms with Gasteiger partial charge in [0.15, 0.2) is 11.3 Å². The average molecular weight is 229 g/mol. The maximum Gasteiger partial charge on any atom is 0.183 e. The summed E-state index contributed by atoms with van der Waals surface area (Å²) >= 11 is 0. The zero-order valence-electron chi connectivity index (χ0n) is 8.72. The van der Waals surface area contributed by atoms with Gasteiger partial charge in [0.2, 0.25) is 0 Å². The number of nitrogens with one attached hydrogen (secondary N) is 1. The van der Waals surface area contributed by atoms with Gasteiger partial charge < -0.3 is 0 Å². The van der Waals surface area contributed by atoms with E-state index in [2.05, 4.69) is 10.2 Å². The van der Waals surface area contributed by atoms with Crippen molar-refractivity contribution in [3.63, 3.8) is 0 Å². The molecule has 2 aromatic heterocycles. The van der Waals surface area contributed by atoms with Crippen molar-refractivity contribution in [3.05, 3.63) is 58.6 Å². The molecule has 4 nitrogen and oxygen atoms in total. The van der Waals surface area contributed by atoms with Crippen LogP contribution in [0.25, 0.3) is 17.0 Å². The van der Waals surface area contributed by atoms with Crippen LogP contribution < -0.4 is 5.43 Å². The van der Waals surface area contributed by atoms with Gasteiger partial charge >= 0.3 is 0 Å². The Hall–Kier alpha value is -2.43. The number of halogens is 1. The Balaban J connectivity index is 2.24. The first-order chi connectivity index (χ1) is 8.24. The fourth-order valence-corrected chi connectivity index (χ4v) is 1.72. The van der Waals surface area contributed by atoms with E-state index < -0.39 is 0 Å². The third kappa shape index (κ3) is 1.61. The molecule has 0 aliphatic rings. The highest BCUT2D eigenvalue weighted by Crippen LogP contribution is 2.17. The predicted octanol–water partition coefficient (Wildman–Crippen LogP) is 1.83. The van der Waals surface area contributed by atoms with Gasteiger partial charge in [-0.05, 0) is 24.3 Å². The van der Waals surface area contributed by atoms with Crippen LogP contribution in [0.2, 0.25) is 0 Å². The Labute approximate surface area is 95.3 Å². The highest BCUT2D eigenvalue weighted by molar-refractivity contribution is 5.59. The molecule has 0 saturated heterocycles. The predicted molar refractivity (Wildman–Crippen MR) is 61.2 cm³/mol. The van der Waals surface area contributed by atoms with Crippen LogP contribution in [0.3, 0.4) is 0 Å². The standard InChI is InChI=1S/C12H8FN3O/c13-9-3-1-8(2-4-9)12-15-14-11-7-10(17)5-6-16(11)12/h1-7,14H. The van der Waals surface area contributed by atoms with Crippen molar-refractivity contribution in [3.8, 4) is 11.4 Å². The number of benzene rings is 1. The van der Waals surface area contributed by atoms with Gasteiger partial charge in [-0.25, -0.2) is 4.39 Å². The Morgan fingerprint density at radius 2 is 1.94 bits per heavy atom. The van der Waals surface area contributed by atoms with Crippen molar-refractivity contribution in [2.45, 2.75) is 0 Å². The van der Waals surface area contributed by atoms with Crippen molar-refractivity contribution in [2.75, 3.05) is 0 Å². The SMILES string of the molecule is O=c1ccn2c(-c3ccc(F)cc3)n[nH]c2c1. The molecule has 0 bridgehead atoms.